The Labute approximate surface area is 189 Å². The van der Waals surface area contributed by atoms with Gasteiger partial charge in [-0.3, -0.25) is 4.79 Å². The normalized spacial score (nSPS) is 11.4. The predicted molar refractivity (Wildman–Crippen MR) is 119 cm³/mol. The maximum atomic E-state index is 13.2. The highest BCUT2D eigenvalue weighted by atomic mass is 19.4. The van der Waals surface area contributed by atoms with E-state index in [4.69, 9.17) is 14.2 Å². The number of hydrogen-bond donors (Lipinski definition) is 1. The van der Waals surface area contributed by atoms with Crippen molar-refractivity contribution in [2.45, 2.75) is 20.0 Å². The topological polar surface area (TPSA) is 61.7 Å². The van der Waals surface area contributed by atoms with E-state index in [9.17, 15) is 18.0 Å². The summed E-state index contributed by atoms with van der Waals surface area (Å²) in [5.74, 6) is 0.279. The summed E-state index contributed by atoms with van der Waals surface area (Å²) in [5, 5.41) is 2.58. The zero-order chi connectivity index (χ0) is 24.2. The summed E-state index contributed by atoms with van der Waals surface area (Å²) >= 11 is 0. The first-order chi connectivity index (χ1) is 15.7. The Bertz CT molecular complexity index is 1120. The number of alkyl halides is 3. The van der Waals surface area contributed by atoms with E-state index in [1.54, 1.807) is 32.2 Å². The van der Waals surface area contributed by atoms with Crippen LogP contribution in [-0.4, -0.2) is 37.9 Å². The van der Waals surface area contributed by atoms with Crippen molar-refractivity contribution in [3.8, 4) is 17.2 Å². The van der Waals surface area contributed by atoms with E-state index in [1.165, 1.54) is 13.2 Å². The molecule has 3 rings (SSSR count). The summed E-state index contributed by atoms with van der Waals surface area (Å²) in [6.45, 7) is 3.99. The van der Waals surface area contributed by atoms with Crippen LogP contribution in [0, 0.1) is 13.8 Å². The molecule has 0 aliphatic rings. The molecule has 0 bridgehead atoms. The SMILES string of the molecule is COCCOc1ccc(C(F)(F)F)cc1NC(=O)c1cc(C)n(-c2ccc(OC)cc2)c1C. The van der Waals surface area contributed by atoms with Gasteiger partial charge in [0, 0.05) is 24.2 Å². The van der Waals surface area contributed by atoms with E-state index in [0.717, 1.165) is 23.5 Å². The summed E-state index contributed by atoms with van der Waals surface area (Å²) in [7, 11) is 3.06. The van der Waals surface area contributed by atoms with E-state index >= 15 is 0 Å². The molecule has 1 heterocycles. The molecule has 1 aromatic heterocycles. The standard InChI is InChI=1S/C24H25F3N2O4/c1-15-13-20(16(2)29(15)18-6-8-19(32-4)9-7-18)23(30)28-21-14-17(24(25,26)27)5-10-22(21)33-12-11-31-3/h5-10,13-14H,11-12H2,1-4H3,(H,28,30). The van der Waals surface area contributed by atoms with Gasteiger partial charge in [0.25, 0.3) is 5.91 Å². The number of aryl methyl sites for hydroxylation is 1. The highest BCUT2D eigenvalue weighted by molar-refractivity contribution is 6.06. The van der Waals surface area contributed by atoms with Crippen LogP contribution in [0.15, 0.2) is 48.5 Å². The van der Waals surface area contributed by atoms with Crippen LogP contribution >= 0.6 is 0 Å². The lowest BCUT2D eigenvalue weighted by molar-refractivity contribution is -0.137. The minimum absolute atomic E-state index is 0.0693. The van der Waals surface area contributed by atoms with Gasteiger partial charge >= 0.3 is 6.18 Å². The number of methoxy groups -OCH3 is 2. The zero-order valence-electron chi connectivity index (χ0n) is 18.7. The van der Waals surface area contributed by atoms with Crippen LogP contribution < -0.4 is 14.8 Å². The number of carbonyl (C=O) groups excluding carboxylic acids is 1. The van der Waals surface area contributed by atoms with Crippen molar-refractivity contribution in [2.24, 2.45) is 0 Å². The van der Waals surface area contributed by atoms with Crippen molar-refractivity contribution < 1.29 is 32.2 Å². The average molecular weight is 462 g/mol. The molecular formula is C24H25F3N2O4. The third kappa shape index (κ3) is 5.48. The average Bonchev–Trinajstić information content (AvgIpc) is 3.08. The van der Waals surface area contributed by atoms with Crippen LogP contribution in [0.1, 0.15) is 27.3 Å². The molecule has 0 radical (unpaired) electrons. The van der Waals surface area contributed by atoms with E-state index in [1.807, 2.05) is 23.6 Å². The lowest BCUT2D eigenvalue weighted by Crippen LogP contribution is -2.16. The lowest BCUT2D eigenvalue weighted by atomic mass is 10.1. The van der Waals surface area contributed by atoms with Crippen molar-refractivity contribution in [2.75, 3.05) is 32.8 Å². The fourth-order valence-electron chi connectivity index (χ4n) is 3.48. The molecule has 33 heavy (non-hydrogen) atoms. The number of hydrogen-bond acceptors (Lipinski definition) is 4. The highest BCUT2D eigenvalue weighted by Gasteiger charge is 2.31. The second-order valence-corrected chi connectivity index (χ2v) is 7.32. The molecule has 0 spiro atoms. The van der Waals surface area contributed by atoms with Crippen LogP contribution in [0.2, 0.25) is 0 Å². The second kappa shape index (κ2) is 9.99. The molecule has 0 aliphatic heterocycles. The number of nitrogens with one attached hydrogen (secondary N) is 1. The number of carbonyl (C=O) groups is 1. The van der Waals surface area contributed by atoms with Gasteiger partial charge < -0.3 is 24.1 Å². The van der Waals surface area contributed by atoms with E-state index in [-0.39, 0.29) is 24.7 Å². The Morgan fingerprint density at radius 3 is 2.30 bits per heavy atom. The number of amides is 1. The molecule has 3 aromatic rings. The van der Waals surface area contributed by atoms with Gasteiger partial charge in [-0.05, 0) is 62.4 Å². The van der Waals surface area contributed by atoms with E-state index in [2.05, 4.69) is 5.32 Å². The van der Waals surface area contributed by atoms with Gasteiger partial charge in [0.15, 0.2) is 0 Å². The number of aromatic nitrogens is 1. The van der Waals surface area contributed by atoms with Gasteiger partial charge in [-0.25, -0.2) is 0 Å². The lowest BCUT2D eigenvalue weighted by Gasteiger charge is -2.15. The van der Waals surface area contributed by atoms with Crippen LogP contribution in [0.4, 0.5) is 18.9 Å². The third-order valence-corrected chi connectivity index (χ3v) is 5.11. The van der Waals surface area contributed by atoms with E-state index in [0.29, 0.717) is 17.0 Å². The molecular weight excluding hydrogens is 437 g/mol. The van der Waals surface area contributed by atoms with Gasteiger partial charge in [-0.2, -0.15) is 13.2 Å². The van der Waals surface area contributed by atoms with Crippen molar-refractivity contribution >= 4 is 11.6 Å². The summed E-state index contributed by atoms with van der Waals surface area (Å²) in [6, 6.07) is 12.0. The fourth-order valence-corrected chi connectivity index (χ4v) is 3.48. The maximum Gasteiger partial charge on any atom is 0.416 e. The fraction of sp³-hybridized carbons (Fsp3) is 0.292. The highest BCUT2D eigenvalue weighted by Crippen LogP contribution is 2.35. The Morgan fingerprint density at radius 1 is 1.00 bits per heavy atom. The molecule has 0 atom stereocenters. The number of halogens is 3. The van der Waals surface area contributed by atoms with Crippen molar-refractivity contribution in [3.05, 3.63) is 71.0 Å². The van der Waals surface area contributed by atoms with Crippen molar-refractivity contribution in [3.63, 3.8) is 0 Å². The molecule has 0 unspecified atom stereocenters. The van der Waals surface area contributed by atoms with E-state index < -0.39 is 17.6 Å². The number of ether oxygens (including phenoxy) is 3. The van der Waals surface area contributed by atoms with Crippen LogP contribution in [-0.2, 0) is 10.9 Å². The van der Waals surface area contributed by atoms with Crippen LogP contribution in [0.25, 0.3) is 5.69 Å². The Morgan fingerprint density at radius 2 is 1.70 bits per heavy atom. The Kier molecular flexibility index (Phi) is 7.33. The molecule has 1 amide bonds. The smallest absolute Gasteiger partial charge is 0.416 e. The maximum absolute atomic E-state index is 13.2. The van der Waals surface area contributed by atoms with Gasteiger partial charge in [0.05, 0.1) is 30.5 Å². The van der Waals surface area contributed by atoms with Crippen molar-refractivity contribution in [1.29, 1.82) is 0 Å². The molecule has 6 nitrogen and oxygen atoms in total. The molecule has 2 aromatic carbocycles. The van der Waals surface area contributed by atoms with Crippen LogP contribution in [0.3, 0.4) is 0 Å². The van der Waals surface area contributed by atoms with Gasteiger partial charge in [0.2, 0.25) is 0 Å². The largest absolute Gasteiger partial charge is 0.497 e. The predicted octanol–water partition coefficient (Wildman–Crippen LogP) is 5.40. The number of anilines is 1. The minimum Gasteiger partial charge on any atom is -0.497 e. The third-order valence-electron chi connectivity index (χ3n) is 5.11. The first-order valence-electron chi connectivity index (χ1n) is 10.1. The number of benzene rings is 2. The first kappa shape index (κ1) is 24.2. The summed E-state index contributed by atoms with van der Waals surface area (Å²) in [4.78, 5) is 13.1. The number of nitrogens with zero attached hydrogens (tertiary/aromatic N) is 1. The van der Waals surface area contributed by atoms with Gasteiger partial charge in [-0.15, -0.1) is 0 Å². The molecule has 0 saturated heterocycles. The molecule has 176 valence electrons. The van der Waals surface area contributed by atoms with Crippen LogP contribution in [0.5, 0.6) is 11.5 Å². The van der Waals surface area contributed by atoms with Gasteiger partial charge in [0.1, 0.15) is 18.1 Å². The first-order valence-corrected chi connectivity index (χ1v) is 10.1. The Balaban J connectivity index is 1.93. The molecule has 1 N–H and O–H groups in total. The molecule has 0 saturated carbocycles. The molecule has 9 heteroatoms. The summed E-state index contributed by atoms with van der Waals surface area (Å²) in [5.41, 5.74) is 1.64. The second-order valence-electron chi connectivity index (χ2n) is 7.32. The van der Waals surface area contributed by atoms with Gasteiger partial charge in [-0.1, -0.05) is 0 Å². The Hall–Kier alpha value is -3.46. The molecule has 0 aliphatic carbocycles. The molecule has 0 fully saturated rings. The monoisotopic (exact) mass is 462 g/mol. The zero-order valence-corrected chi connectivity index (χ0v) is 18.7. The van der Waals surface area contributed by atoms with Crippen molar-refractivity contribution in [1.82, 2.24) is 4.57 Å². The minimum atomic E-state index is -4.56. The summed E-state index contributed by atoms with van der Waals surface area (Å²) in [6.07, 6.45) is -4.56. The number of rotatable bonds is 8. The summed E-state index contributed by atoms with van der Waals surface area (Å²) < 4.78 is 57.2. The quantitative estimate of drug-likeness (QED) is 0.456.